The Morgan fingerprint density at radius 2 is 2.43 bits per heavy atom. The van der Waals surface area contributed by atoms with Crippen LogP contribution >= 0.6 is 0 Å². The van der Waals surface area contributed by atoms with E-state index in [1.54, 1.807) is 12.1 Å². The predicted octanol–water partition coefficient (Wildman–Crippen LogP) is -0.140. The Hall–Kier alpha value is -1.46. The van der Waals surface area contributed by atoms with Crippen LogP contribution in [0.5, 0.6) is 0 Å². The van der Waals surface area contributed by atoms with Gasteiger partial charge in [0.2, 0.25) is 0 Å². The number of aliphatic hydroxyl groups is 1. The van der Waals surface area contributed by atoms with Gasteiger partial charge >= 0.3 is 5.97 Å². The summed E-state index contributed by atoms with van der Waals surface area (Å²) >= 11 is 0. The van der Waals surface area contributed by atoms with Gasteiger partial charge in [-0.1, -0.05) is 6.07 Å². The third-order valence-electron chi connectivity index (χ3n) is 1.74. The summed E-state index contributed by atoms with van der Waals surface area (Å²) in [6.07, 6.45) is 0. The molecule has 1 rings (SSSR count). The second kappa shape index (κ2) is 4.69. The van der Waals surface area contributed by atoms with E-state index in [-0.39, 0.29) is 12.3 Å². The SMILES string of the molecule is COC(=O)c1cccc([C@@H](N)CO)n1. The maximum atomic E-state index is 11.1. The number of aromatic nitrogens is 1. The predicted molar refractivity (Wildman–Crippen MR) is 49.6 cm³/mol. The molecule has 0 aliphatic carbocycles. The highest BCUT2D eigenvalue weighted by Gasteiger charge is 2.10. The molecule has 0 amide bonds. The van der Waals surface area contributed by atoms with Crippen molar-refractivity contribution in [2.75, 3.05) is 13.7 Å². The number of nitrogens with zero attached hydrogens (tertiary/aromatic N) is 1. The molecule has 0 radical (unpaired) electrons. The summed E-state index contributed by atoms with van der Waals surface area (Å²) in [5, 5.41) is 8.79. The fourth-order valence-corrected chi connectivity index (χ4v) is 0.970. The molecule has 0 aromatic carbocycles. The number of rotatable bonds is 3. The molecule has 14 heavy (non-hydrogen) atoms. The highest BCUT2D eigenvalue weighted by atomic mass is 16.5. The van der Waals surface area contributed by atoms with Gasteiger partial charge in [0.05, 0.1) is 25.5 Å². The minimum Gasteiger partial charge on any atom is -0.464 e. The number of nitrogens with two attached hydrogens (primary N) is 1. The topological polar surface area (TPSA) is 85.4 Å². The average molecular weight is 196 g/mol. The van der Waals surface area contributed by atoms with E-state index >= 15 is 0 Å². The number of hydrogen-bond donors (Lipinski definition) is 2. The van der Waals surface area contributed by atoms with Crippen molar-refractivity contribution in [1.82, 2.24) is 4.98 Å². The van der Waals surface area contributed by atoms with Crippen LogP contribution in [0.15, 0.2) is 18.2 Å². The molecule has 3 N–H and O–H groups in total. The molecule has 0 aliphatic heterocycles. The Bertz CT molecular complexity index is 328. The van der Waals surface area contributed by atoms with Gasteiger partial charge in [0.1, 0.15) is 5.69 Å². The molecular formula is C9H12N2O3. The van der Waals surface area contributed by atoms with Crippen molar-refractivity contribution in [1.29, 1.82) is 0 Å². The van der Waals surface area contributed by atoms with E-state index < -0.39 is 12.0 Å². The molecule has 1 atom stereocenters. The highest BCUT2D eigenvalue weighted by Crippen LogP contribution is 2.07. The molecule has 1 aromatic rings. The smallest absolute Gasteiger partial charge is 0.356 e. The lowest BCUT2D eigenvalue weighted by Gasteiger charge is -2.07. The molecule has 0 bridgehead atoms. The van der Waals surface area contributed by atoms with Gasteiger partial charge in [-0.3, -0.25) is 0 Å². The molecule has 0 aliphatic rings. The van der Waals surface area contributed by atoms with Gasteiger partial charge in [0.15, 0.2) is 0 Å². The number of hydrogen-bond acceptors (Lipinski definition) is 5. The Kier molecular flexibility index (Phi) is 3.55. The second-order valence-corrected chi connectivity index (χ2v) is 2.73. The maximum absolute atomic E-state index is 11.1. The minimum absolute atomic E-state index is 0.189. The average Bonchev–Trinajstić information content (AvgIpc) is 2.27. The van der Waals surface area contributed by atoms with Crippen LogP contribution in [0, 0.1) is 0 Å². The molecule has 0 saturated carbocycles. The first-order valence-corrected chi connectivity index (χ1v) is 4.10. The summed E-state index contributed by atoms with van der Waals surface area (Å²) in [5.74, 6) is -0.517. The Morgan fingerprint density at radius 3 is 3.00 bits per heavy atom. The number of aliphatic hydroxyl groups excluding tert-OH is 1. The maximum Gasteiger partial charge on any atom is 0.356 e. The van der Waals surface area contributed by atoms with Crippen molar-refractivity contribution < 1.29 is 14.6 Å². The van der Waals surface area contributed by atoms with Crippen LogP contribution in [-0.2, 0) is 4.74 Å². The lowest BCUT2D eigenvalue weighted by Crippen LogP contribution is -2.17. The van der Waals surface area contributed by atoms with Crippen molar-refractivity contribution in [3.8, 4) is 0 Å². The van der Waals surface area contributed by atoms with Gasteiger partial charge in [-0.15, -0.1) is 0 Å². The van der Waals surface area contributed by atoms with Gasteiger partial charge in [-0.2, -0.15) is 0 Å². The van der Waals surface area contributed by atoms with Crippen LogP contribution in [0.4, 0.5) is 0 Å². The van der Waals surface area contributed by atoms with Gasteiger partial charge in [0.25, 0.3) is 0 Å². The van der Waals surface area contributed by atoms with Crippen molar-refractivity contribution >= 4 is 5.97 Å². The number of carbonyl (C=O) groups excluding carboxylic acids is 1. The Labute approximate surface area is 81.5 Å². The fourth-order valence-electron chi connectivity index (χ4n) is 0.970. The van der Waals surface area contributed by atoms with Crippen LogP contribution in [0.3, 0.4) is 0 Å². The molecule has 1 heterocycles. The highest BCUT2D eigenvalue weighted by molar-refractivity contribution is 5.87. The van der Waals surface area contributed by atoms with Gasteiger partial charge in [-0.05, 0) is 12.1 Å². The zero-order chi connectivity index (χ0) is 10.6. The zero-order valence-corrected chi connectivity index (χ0v) is 7.80. The van der Waals surface area contributed by atoms with E-state index in [0.29, 0.717) is 5.69 Å². The number of carbonyl (C=O) groups is 1. The van der Waals surface area contributed by atoms with Crippen molar-refractivity contribution in [2.24, 2.45) is 5.73 Å². The summed E-state index contributed by atoms with van der Waals surface area (Å²) in [5.41, 5.74) is 6.20. The van der Waals surface area contributed by atoms with E-state index in [2.05, 4.69) is 9.72 Å². The molecule has 0 fully saturated rings. The van der Waals surface area contributed by atoms with Crippen molar-refractivity contribution in [3.63, 3.8) is 0 Å². The number of esters is 1. The summed E-state index contributed by atoms with van der Waals surface area (Å²) in [6.45, 7) is -0.211. The normalized spacial score (nSPS) is 12.2. The van der Waals surface area contributed by atoms with Crippen molar-refractivity contribution in [3.05, 3.63) is 29.6 Å². The van der Waals surface area contributed by atoms with Crippen LogP contribution in [-0.4, -0.2) is 29.8 Å². The van der Waals surface area contributed by atoms with Gasteiger partial charge in [-0.25, -0.2) is 9.78 Å². The van der Waals surface area contributed by atoms with Gasteiger partial charge in [0, 0.05) is 0 Å². The molecule has 76 valence electrons. The van der Waals surface area contributed by atoms with Crippen LogP contribution in [0.2, 0.25) is 0 Å². The van der Waals surface area contributed by atoms with E-state index in [1.165, 1.54) is 13.2 Å². The van der Waals surface area contributed by atoms with Crippen LogP contribution in [0.1, 0.15) is 22.2 Å². The summed E-state index contributed by atoms with van der Waals surface area (Å²) in [6, 6.07) is 4.25. The molecule has 0 saturated heterocycles. The summed E-state index contributed by atoms with van der Waals surface area (Å²) < 4.78 is 4.50. The quantitative estimate of drug-likeness (QED) is 0.657. The lowest BCUT2D eigenvalue weighted by molar-refractivity contribution is 0.0593. The summed E-state index contributed by atoms with van der Waals surface area (Å²) in [4.78, 5) is 15.0. The Morgan fingerprint density at radius 1 is 1.71 bits per heavy atom. The van der Waals surface area contributed by atoms with E-state index in [1.807, 2.05) is 0 Å². The first-order chi connectivity index (χ1) is 6.69. The Balaban J connectivity index is 2.95. The molecule has 0 spiro atoms. The van der Waals surface area contributed by atoms with E-state index in [4.69, 9.17) is 10.8 Å². The molecular weight excluding hydrogens is 184 g/mol. The van der Waals surface area contributed by atoms with Gasteiger partial charge < -0.3 is 15.6 Å². The summed E-state index contributed by atoms with van der Waals surface area (Å²) in [7, 11) is 1.28. The number of pyridine rings is 1. The zero-order valence-electron chi connectivity index (χ0n) is 7.80. The molecule has 5 heteroatoms. The molecule has 1 aromatic heterocycles. The minimum atomic E-state index is -0.570. The van der Waals surface area contributed by atoms with Crippen LogP contribution in [0.25, 0.3) is 0 Å². The first kappa shape index (κ1) is 10.6. The number of methoxy groups -OCH3 is 1. The van der Waals surface area contributed by atoms with Crippen molar-refractivity contribution in [2.45, 2.75) is 6.04 Å². The lowest BCUT2D eigenvalue weighted by atomic mass is 10.2. The second-order valence-electron chi connectivity index (χ2n) is 2.73. The number of ether oxygens (including phenoxy) is 1. The first-order valence-electron chi connectivity index (χ1n) is 4.10. The molecule has 5 nitrogen and oxygen atoms in total. The largest absolute Gasteiger partial charge is 0.464 e. The standard InChI is InChI=1S/C9H12N2O3/c1-14-9(13)8-4-2-3-7(11-8)6(10)5-12/h2-4,6,12H,5,10H2,1H3/t6-/m0/s1. The molecule has 0 unspecified atom stereocenters. The van der Waals surface area contributed by atoms with E-state index in [0.717, 1.165) is 0 Å². The fraction of sp³-hybridized carbons (Fsp3) is 0.333. The third-order valence-corrected chi connectivity index (χ3v) is 1.74. The van der Waals surface area contributed by atoms with Crippen LogP contribution < -0.4 is 5.73 Å². The monoisotopic (exact) mass is 196 g/mol. The third kappa shape index (κ3) is 2.27. The van der Waals surface area contributed by atoms with E-state index in [9.17, 15) is 4.79 Å².